The van der Waals surface area contributed by atoms with Crippen molar-refractivity contribution in [2.24, 2.45) is 0 Å². The number of carbonyl (C=O) groups excluding carboxylic acids is 1. The van der Waals surface area contributed by atoms with Crippen LogP contribution in [0.25, 0.3) is 0 Å². The zero-order chi connectivity index (χ0) is 11.4. The Morgan fingerprint density at radius 1 is 1.38 bits per heavy atom. The Morgan fingerprint density at radius 2 is 2.12 bits per heavy atom. The molecule has 5 heteroatoms. The van der Waals surface area contributed by atoms with Gasteiger partial charge >= 0.3 is 6.03 Å². The van der Waals surface area contributed by atoms with E-state index in [-0.39, 0.29) is 12.6 Å². The first-order valence-electron chi connectivity index (χ1n) is 4.79. The van der Waals surface area contributed by atoms with Crippen molar-refractivity contribution in [1.29, 1.82) is 0 Å². The lowest BCUT2D eigenvalue weighted by Gasteiger charge is -2.05. The summed E-state index contributed by atoms with van der Waals surface area (Å²) >= 11 is 0. The van der Waals surface area contributed by atoms with Gasteiger partial charge in [-0.2, -0.15) is 0 Å². The molecule has 0 atom stereocenters. The molecule has 0 bridgehead atoms. The van der Waals surface area contributed by atoms with Gasteiger partial charge in [-0.05, 0) is 17.7 Å². The fourth-order valence-corrected chi connectivity index (χ4v) is 1.26. The van der Waals surface area contributed by atoms with Crippen molar-refractivity contribution in [3.05, 3.63) is 48.5 Å². The van der Waals surface area contributed by atoms with E-state index in [1.807, 2.05) is 0 Å². The number of rotatable bonds is 2. The van der Waals surface area contributed by atoms with E-state index in [0.29, 0.717) is 5.69 Å². The number of carbonyl (C=O) groups is 1. The quantitative estimate of drug-likeness (QED) is 0.800. The highest BCUT2D eigenvalue weighted by Crippen LogP contribution is 2.09. The molecule has 2 N–H and O–H groups in total. The number of nitrogens with one attached hydrogen (secondary N) is 1. The van der Waals surface area contributed by atoms with E-state index in [9.17, 15) is 4.79 Å². The van der Waals surface area contributed by atoms with Crippen molar-refractivity contribution >= 4 is 11.7 Å². The Hall–Kier alpha value is -2.14. The Labute approximate surface area is 92.4 Å². The number of hydrogen-bond donors (Lipinski definition) is 2. The molecule has 0 fully saturated rings. The molecule has 5 nitrogen and oxygen atoms in total. The maximum Gasteiger partial charge on any atom is 0.331 e. The van der Waals surface area contributed by atoms with Crippen LogP contribution >= 0.6 is 0 Å². The number of amides is 1. The molecule has 0 saturated carbocycles. The Kier molecular flexibility index (Phi) is 2.98. The maximum atomic E-state index is 11.6. The fraction of sp³-hybridized carbons (Fsp3) is 0.0909. The highest BCUT2D eigenvalue weighted by molar-refractivity contribution is 5.90. The van der Waals surface area contributed by atoms with E-state index in [1.165, 1.54) is 17.1 Å². The minimum Gasteiger partial charge on any atom is -0.392 e. The van der Waals surface area contributed by atoms with Crippen LogP contribution in [0.15, 0.2) is 43.0 Å². The molecule has 0 radical (unpaired) electrons. The summed E-state index contributed by atoms with van der Waals surface area (Å²) in [7, 11) is 0. The third-order valence-corrected chi connectivity index (χ3v) is 2.13. The first-order chi connectivity index (χ1) is 7.79. The molecular weight excluding hydrogens is 206 g/mol. The highest BCUT2D eigenvalue weighted by atomic mass is 16.3. The number of nitrogens with zero attached hydrogens (tertiary/aromatic N) is 2. The minimum atomic E-state index is -0.269. The van der Waals surface area contributed by atoms with Gasteiger partial charge in [-0.3, -0.25) is 4.57 Å². The average molecular weight is 217 g/mol. The van der Waals surface area contributed by atoms with E-state index in [2.05, 4.69) is 10.3 Å². The smallest absolute Gasteiger partial charge is 0.331 e. The number of imidazole rings is 1. The summed E-state index contributed by atoms with van der Waals surface area (Å²) in [6.07, 6.45) is 4.53. The molecule has 2 rings (SSSR count). The van der Waals surface area contributed by atoms with Crippen molar-refractivity contribution < 1.29 is 9.90 Å². The summed E-state index contributed by atoms with van der Waals surface area (Å²) in [5, 5.41) is 11.6. The van der Waals surface area contributed by atoms with E-state index < -0.39 is 0 Å². The second kappa shape index (κ2) is 4.59. The molecular formula is C11H11N3O2. The predicted molar refractivity (Wildman–Crippen MR) is 59.0 cm³/mol. The average Bonchev–Trinajstić information content (AvgIpc) is 2.83. The van der Waals surface area contributed by atoms with E-state index in [4.69, 9.17) is 5.11 Å². The van der Waals surface area contributed by atoms with Crippen LogP contribution < -0.4 is 5.32 Å². The molecule has 0 saturated heterocycles. The molecule has 0 aliphatic heterocycles. The SMILES string of the molecule is O=C(Nc1ccc(CO)cc1)n1ccnc1. The summed E-state index contributed by atoms with van der Waals surface area (Å²) in [4.78, 5) is 15.4. The Balaban J connectivity index is 2.06. The number of aliphatic hydroxyl groups is 1. The van der Waals surface area contributed by atoms with Crippen LogP contribution in [0.2, 0.25) is 0 Å². The summed E-state index contributed by atoms with van der Waals surface area (Å²) in [5.74, 6) is 0. The van der Waals surface area contributed by atoms with Gasteiger partial charge in [-0.15, -0.1) is 0 Å². The van der Waals surface area contributed by atoms with Crippen LogP contribution in [0.5, 0.6) is 0 Å². The lowest BCUT2D eigenvalue weighted by atomic mass is 10.2. The first kappa shape index (κ1) is 10.4. The summed E-state index contributed by atoms with van der Waals surface area (Å²) in [6, 6.07) is 6.71. The van der Waals surface area contributed by atoms with Gasteiger partial charge in [0.2, 0.25) is 0 Å². The lowest BCUT2D eigenvalue weighted by Crippen LogP contribution is -2.17. The molecule has 2 aromatic rings. The normalized spacial score (nSPS) is 10.1. The van der Waals surface area contributed by atoms with Crippen LogP contribution in [-0.2, 0) is 6.61 Å². The van der Waals surface area contributed by atoms with E-state index in [0.717, 1.165) is 5.56 Å². The monoisotopic (exact) mass is 217 g/mol. The fourth-order valence-electron chi connectivity index (χ4n) is 1.26. The molecule has 0 unspecified atom stereocenters. The highest BCUT2D eigenvalue weighted by Gasteiger charge is 2.03. The summed E-state index contributed by atoms with van der Waals surface area (Å²) in [6.45, 7) is -0.00422. The molecule has 16 heavy (non-hydrogen) atoms. The van der Waals surface area contributed by atoms with Gasteiger partial charge in [0.1, 0.15) is 6.33 Å². The third kappa shape index (κ3) is 2.26. The molecule has 1 amide bonds. The number of aliphatic hydroxyl groups excluding tert-OH is 1. The standard InChI is InChI=1S/C11H11N3O2/c15-7-9-1-3-10(4-2-9)13-11(16)14-6-5-12-8-14/h1-6,8,15H,7H2,(H,13,16). The minimum absolute atomic E-state index is 0.00422. The van der Waals surface area contributed by atoms with Crippen molar-refractivity contribution in [3.8, 4) is 0 Å². The van der Waals surface area contributed by atoms with Gasteiger partial charge in [0, 0.05) is 18.1 Å². The zero-order valence-electron chi connectivity index (χ0n) is 8.50. The summed E-state index contributed by atoms with van der Waals surface area (Å²) < 4.78 is 1.35. The number of anilines is 1. The molecule has 82 valence electrons. The molecule has 0 aliphatic carbocycles. The molecule has 1 heterocycles. The van der Waals surface area contributed by atoms with Crippen LogP contribution in [0.4, 0.5) is 10.5 Å². The zero-order valence-corrected chi connectivity index (χ0v) is 8.50. The van der Waals surface area contributed by atoms with E-state index in [1.54, 1.807) is 30.5 Å². The predicted octanol–water partition coefficient (Wildman–Crippen LogP) is 1.46. The number of aromatic nitrogens is 2. The second-order valence-electron chi connectivity index (χ2n) is 3.26. The van der Waals surface area contributed by atoms with Gasteiger partial charge in [-0.25, -0.2) is 9.78 Å². The number of benzene rings is 1. The number of hydrogen-bond acceptors (Lipinski definition) is 3. The Morgan fingerprint density at radius 3 is 2.69 bits per heavy atom. The van der Waals surface area contributed by atoms with Crippen LogP contribution in [0.3, 0.4) is 0 Å². The van der Waals surface area contributed by atoms with Crippen molar-refractivity contribution in [3.63, 3.8) is 0 Å². The van der Waals surface area contributed by atoms with Crippen molar-refractivity contribution in [2.75, 3.05) is 5.32 Å². The Bertz CT molecular complexity index is 462. The molecule has 0 spiro atoms. The van der Waals surface area contributed by atoms with Crippen LogP contribution in [0.1, 0.15) is 5.56 Å². The topological polar surface area (TPSA) is 67.2 Å². The second-order valence-corrected chi connectivity index (χ2v) is 3.26. The van der Waals surface area contributed by atoms with Gasteiger partial charge in [0.25, 0.3) is 0 Å². The third-order valence-electron chi connectivity index (χ3n) is 2.13. The largest absolute Gasteiger partial charge is 0.392 e. The molecule has 1 aromatic heterocycles. The summed E-state index contributed by atoms with van der Waals surface area (Å²) in [5.41, 5.74) is 1.48. The van der Waals surface area contributed by atoms with Gasteiger partial charge in [-0.1, -0.05) is 12.1 Å². The van der Waals surface area contributed by atoms with Crippen LogP contribution in [-0.4, -0.2) is 20.7 Å². The molecule has 1 aromatic carbocycles. The maximum absolute atomic E-state index is 11.6. The van der Waals surface area contributed by atoms with Crippen LogP contribution in [0, 0.1) is 0 Å². The van der Waals surface area contributed by atoms with Crippen molar-refractivity contribution in [1.82, 2.24) is 9.55 Å². The van der Waals surface area contributed by atoms with Gasteiger partial charge in [0.05, 0.1) is 6.61 Å². The van der Waals surface area contributed by atoms with Crippen molar-refractivity contribution in [2.45, 2.75) is 6.61 Å². The van der Waals surface area contributed by atoms with E-state index >= 15 is 0 Å². The van der Waals surface area contributed by atoms with Gasteiger partial charge < -0.3 is 10.4 Å². The lowest BCUT2D eigenvalue weighted by molar-refractivity contribution is 0.253. The first-order valence-corrected chi connectivity index (χ1v) is 4.79. The van der Waals surface area contributed by atoms with Gasteiger partial charge in [0.15, 0.2) is 0 Å². The molecule has 0 aliphatic rings.